The molecule has 0 aliphatic heterocycles. The molecule has 0 aliphatic carbocycles. The molecule has 0 N–H and O–H groups in total. The number of hydrogen-bond donors (Lipinski definition) is 0. The maximum Gasteiger partial charge on any atom is 0.228 e. The van der Waals surface area contributed by atoms with Crippen molar-refractivity contribution in [3.63, 3.8) is 0 Å². The summed E-state index contributed by atoms with van der Waals surface area (Å²) in [6, 6.07) is 11.7. The molecule has 100 valence electrons. The minimum atomic E-state index is -0.374. The first-order valence-electron chi connectivity index (χ1n) is 6.37. The quantitative estimate of drug-likeness (QED) is 0.644. The number of carbonyl (C=O) groups is 1. The molecule has 0 unspecified atom stereocenters. The Morgan fingerprint density at radius 2 is 1.85 bits per heavy atom. The van der Waals surface area contributed by atoms with Crippen LogP contribution in [0, 0.1) is 19.7 Å². The Balaban J connectivity index is 2.18. The molecule has 0 bridgehead atoms. The van der Waals surface area contributed by atoms with Gasteiger partial charge in [0.1, 0.15) is 11.4 Å². The summed E-state index contributed by atoms with van der Waals surface area (Å²) in [5.74, 6) is -0.266. The summed E-state index contributed by atoms with van der Waals surface area (Å²) >= 11 is 0. The molecule has 0 saturated carbocycles. The van der Waals surface area contributed by atoms with Crippen molar-refractivity contribution >= 4 is 16.8 Å². The summed E-state index contributed by atoms with van der Waals surface area (Å²) in [7, 11) is 0. The second-order valence-electron chi connectivity index (χ2n) is 4.84. The van der Waals surface area contributed by atoms with Crippen LogP contribution in [0.4, 0.5) is 4.39 Å². The van der Waals surface area contributed by atoms with Crippen LogP contribution in [0.5, 0.6) is 0 Å². The zero-order valence-corrected chi connectivity index (χ0v) is 11.2. The van der Waals surface area contributed by atoms with Crippen LogP contribution >= 0.6 is 0 Å². The molecule has 0 saturated heterocycles. The van der Waals surface area contributed by atoms with Gasteiger partial charge in [0.05, 0.1) is 0 Å². The van der Waals surface area contributed by atoms with Gasteiger partial charge in [0.15, 0.2) is 5.76 Å². The highest BCUT2D eigenvalue weighted by molar-refractivity contribution is 6.11. The number of benzene rings is 2. The molecule has 3 aromatic rings. The van der Waals surface area contributed by atoms with Gasteiger partial charge in [-0.05, 0) is 31.5 Å². The first-order chi connectivity index (χ1) is 9.58. The van der Waals surface area contributed by atoms with Crippen molar-refractivity contribution in [2.75, 3.05) is 0 Å². The first-order valence-corrected chi connectivity index (χ1v) is 6.37. The maximum atomic E-state index is 13.2. The second-order valence-corrected chi connectivity index (χ2v) is 4.84. The number of furan rings is 1. The Morgan fingerprint density at radius 1 is 1.10 bits per heavy atom. The van der Waals surface area contributed by atoms with E-state index >= 15 is 0 Å². The molecule has 3 rings (SSSR count). The van der Waals surface area contributed by atoms with E-state index in [2.05, 4.69) is 0 Å². The van der Waals surface area contributed by atoms with Crippen LogP contribution in [-0.2, 0) is 0 Å². The zero-order chi connectivity index (χ0) is 14.3. The summed E-state index contributed by atoms with van der Waals surface area (Å²) in [6.07, 6.45) is 0. The van der Waals surface area contributed by atoms with Crippen LogP contribution in [0.15, 0.2) is 46.9 Å². The topological polar surface area (TPSA) is 30.2 Å². The van der Waals surface area contributed by atoms with Gasteiger partial charge in [-0.25, -0.2) is 4.39 Å². The van der Waals surface area contributed by atoms with E-state index in [1.807, 2.05) is 32.0 Å². The van der Waals surface area contributed by atoms with Gasteiger partial charge in [0.2, 0.25) is 5.78 Å². The molecule has 3 heteroatoms. The third-order valence-corrected chi connectivity index (χ3v) is 3.50. The van der Waals surface area contributed by atoms with Crippen molar-refractivity contribution < 1.29 is 13.6 Å². The number of halogens is 1. The van der Waals surface area contributed by atoms with Gasteiger partial charge in [-0.15, -0.1) is 0 Å². The van der Waals surface area contributed by atoms with Gasteiger partial charge in [-0.1, -0.05) is 24.3 Å². The molecule has 0 fully saturated rings. The van der Waals surface area contributed by atoms with Crippen LogP contribution in [0.2, 0.25) is 0 Å². The summed E-state index contributed by atoms with van der Waals surface area (Å²) in [4.78, 5) is 12.6. The van der Waals surface area contributed by atoms with Gasteiger partial charge in [0, 0.05) is 22.6 Å². The second kappa shape index (κ2) is 4.60. The third kappa shape index (κ3) is 1.92. The Morgan fingerprint density at radius 3 is 2.60 bits per heavy atom. The minimum Gasteiger partial charge on any atom is -0.452 e. The fraction of sp³-hybridized carbons (Fsp3) is 0.118. The van der Waals surface area contributed by atoms with Crippen LogP contribution < -0.4 is 0 Å². The van der Waals surface area contributed by atoms with E-state index in [9.17, 15) is 9.18 Å². The zero-order valence-electron chi connectivity index (χ0n) is 11.2. The summed E-state index contributed by atoms with van der Waals surface area (Å²) < 4.78 is 18.8. The average Bonchev–Trinajstić information content (AvgIpc) is 2.75. The summed E-state index contributed by atoms with van der Waals surface area (Å²) in [6.45, 7) is 3.69. The Bertz CT molecular complexity index is 815. The number of ketones is 1. The molecule has 20 heavy (non-hydrogen) atoms. The fourth-order valence-corrected chi connectivity index (χ4v) is 2.37. The van der Waals surface area contributed by atoms with Crippen molar-refractivity contribution in [1.29, 1.82) is 0 Å². The first kappa shape index (κ1) is 12.6. The SMILES string of the molecule is Cc1ccccc1C(=O)c1oc2cc(F)ccc2c1C. The average molecular weight is 268 g/mol. The normalized spacial score (nSPS) is 10.9. The molecule has 0 radical (unpaired) electrons. The molecule has 0 spiro atoms. The van der Waals surface area contributed by atoms with Gasteiger partial charge in [-0.2, -0.15) is 0 Å². The predicted molar refractivity (Wildman–Crippen MR) is 75.5 cm³/mol. The monoisotopic (exact) mass is 268 g/mol. The Kier molecular flexibility index (Phi) is 2.90. The van der Waals surface area contributed by atoms with Gasteiger partial charge < -0.3 is 4.42 Å². The van der Waals surface area contributed by atoms with E-state index in [1.165, 1.54) is 12.1 Å². The van der Waals surface area contributed by atoms with Crippen molar-refractivity contribution in [1.82, 2.24) is 0 Å². The standard InChI is InChI=1S/C17H13FO2/c1-10-5-3-4-6-13(10)16(19)17-11(2)14-8-7-12(18)9-15(14)20-17/h3-9H,1-2H3. The van der Waals surface area contributed by atoms with E-state index < -0.39 is 0 Å². The number of fused-ring (bicyclic) bond motifs is 1. The highest BCUT2D eigenvalue weighted by Crippen LogP contribution is 2.28. The predicted octanol–water partition coefficient (Wildman–Crippen LogP) is 4.42. The third-order valence-electron chi connectivity index (χ3n) is 3.50. The number of carbonyl (C=O) groups excluding carboxylic acids is 1. The Hall–Kier alpha value is -2.42. The fourth-order valence-electron chi connectivity index (χ4n) is 2.37. The van der Waals surface area contributed by atoms with E-state index in [0.29, 0.717) is 11.1 Å². The molecule has 1 aromatic heterocycles. The van der Waals surface area contributed by atoms with Gasteiger partial charge in [0.25, 0.3) is 0 Å². The lowest BCUT2D eigenvalue weighted by molar-refractivity contribution is 0.101. The Labute approximate surface area is 115 Å². The lowest BCUT2D eigenvalue weighted by atomic mass is 10.0. The van der Waals surface area contributed by atoms with Crippen molar-refractivity contribution in [2.24, 2.45) is 0 Å². The van der Waals surface area contributed by atoms with Gasteiger partial charge >= 0.3 is 0 Å². The van der Waals surface area contributed by atoms with Crippen molar-refractivity contribution in [2.45, 2.75) is 13.8 Å². The van der Waals surface area contributed by atoms with Gasteiger partial charge in [-0.3, -0.25) is 4.79 Å². The summed E-state index contributed by atoms with van der Waals surface area (Å²) in [5.41, 5.74) is 2.64. The molecule has 2 nitrogen and oxygen atoms in total. The van der Waals surface area contributed by atoms with Crippen molar-refractivity contribution in [3.05, 3.63) is 70.7 Å². The molecular weight excluding hydrogens is 255 g/mol. The van der Waals surface area contributed by atoms with Crippen LogP contribution in [0.3, 0.4) is 0 Å². The largest absolute Gasteiger partial charge is 0.452 e. The highest BCUT2D eigenvalue weighted by Gasteiger charge is 2.20. The molecule has 0 amide bonds. The molecule has 1 heterocycles. The minimum absolute atomic E-state index is 0.169. The molecular formula is C17H13FO2. The van der Waals surface area contributed by atoms with E-state index in [-0.39, 0.29) is 17.4 Å². The highest BCUT2D eigenvalue weighted by atomic mass is 19.1. The molecule has 0 aliphatic rings. The molecule has 0 atom stereocenters. The van der Waals surface area contributed by atoms with Crippen molar-refractivity contribution in [3.8, 4) is 0 Å². The summed E-state index contributed by atoms with van der Waals surface area (Å²) in [5, 5.41) is 0.767. The number of hydrogen-bond acceptors (Lipinski definition) is 2. The number of aryl methyl sites for hydroxylation is 2. The number of rotatable bonds is 2. The lowest BCUT2D eigenvalue weighted by Crippen LogP contribution is -2.03. The van der Waals surface area contributed by atoms with Crippen LogP contribution in [-0.4, -0.2) is 5.78 Å². The smallest absolute Gasteiger partial charge is 0.228 e. The van der Waals surface area contributed by atoms with E-state index in [4.69, 9.17) is 4.42 Å². The van der Waals surface area contributed by atoms with E-state index in [1.54, 1.807) is 12.1 Å². The van der Waals surface area contributed by atoms with E-state index in [0.717, 1.165) is 16.5 Å². The molecule has 2 aromatic carbocycles. The maximum absolute atomic E-state index is 13.2. The lowest BCUT2D eigenvalue weighted by Gasteiger charge is -2.02. The van der Waals surface area contributed by atoms with Crippen LogP contribution in [0.1, 0.15) is 27.2 Å². The van der Waals surface area contributed by atoms with Crippen LogP contribution in [0.25, 0.3) is 11.0 Å².